The molecule has 1 aliphatic heterocycles. The van der Waals surface area contributed by atoms with Crippen LogP contribution in [-0.4, -0.2) is 17.0 Å². The molecule has 0 bridgehead atoms. The normalized spacial score (nSPS) is 24.3. The lowest BCUT2D eigenvalue weighted by atomic mass is 10.1. The molecule has 2 atom stereocenters. The fraction of sp³-hybridized carbons (Fsp3) is 0.500. The number of nitrogens with one attached hydrogen (secondary N) is 1. The molecule has 18 heavy (non-hydrogen) atoms. The van der Waals surface area contributed by atoms with Crippen molar-refractivity contribution in [2.45, 2.75) is 30.8 Å². The molecule has 0 amide bonds. The van der Waals surface area contributed by atoms with Crippen LogP contribution in [0.2, 0.25) is 0 Å². The van der Waals surface area contributed by atoms with E-state index in [0.29, 0.717) is 0 Å². The van der Waals surface area contributed by atoms with Gasteiger partial charge in [0.05, 0.1) is 11.3 Å². The Hall–Kier alpha value is -0.910. The summed E-state index contributed by atoms with van der Waals surface area (Å²) in [5.74, 6) is 0.298. The predicted octanol–water partition coefficient (Wildman–Crippen LogP) is 4.15. The fourth-order valence-electron chi connectivity index (χ4n) is 1.93. The van der Waals surface area contributed by atoms with E-state index >= 15 is 0 Å². The minimum Gasteiger partial charge on any atom is -0.379 e. The molecule has 1 fully saturated rings. The van der Waals surface area contributed by atoms with Gasteiger partial charge in [0.2, 0.25) is 0 Å². The molecule has 2 unspecified atom stereocenters. The average molecular weight is 279 g/mol. The number of hydrogen-bond donors (Lipinski definition) is 1. The summed E-state index contributed by atoms with van der Waals surface area (Å²) in [4.78, 5) is 0. The van der Waals surface area contributed by atoms with Crippen LogP contribution < -0.4 is 5.32 Å². The first kappa shape index (κ1) is 13.5. The second kappa shape index (κ2) is 4.99. The van der Waals surface area contributed by atoms with Gasteiger partial charge in [0.15, 0.2) is 0 Å². The van der Waals surface area contributed by atoms with Crippen LogP contribution in [0.15, 0.2) is 18.2 Å². The zero-order valence-corrected chi connectivity index (χ0v) is 10.5. The number of rotatable bonds is 2. The lowest BCUT2D eigenvalue weighted by Gasteiger charge is -2.19. The van der Waals surface area contributed by atoms with E-state index in [1.54, 1.807) is 11.8 Å². The van der Waals surface area contributed by atoms with Crippen molar-refractivity contribution in [1.82, 2.24) is 0 Å². The highest BCUT2D eigenvalue weighted by molar-refractivity contribution is 8.00. The standard InChI is InChI=1S/C12H13F4NS/c1-7-10(4-5-18-7)17-11-6-8(12(14,15)16)2-3-9(11)13/h2-3,6-7,10,17H,4-5H2,1H3. The molecule has 6 heteroatoms. The van der Waals surface area contributed by atoms with Crippen molar-refractivity contribution in [3.05, 3.63) is 29.6 Å². The minimum atomic E-state index is -4.44. The molecule has 1 saturated heterocycles. The Morgan fingerprint density at radius 1 is 1.33 bits per heavy atom. The maximum Gasteiger partial charge on any atom is 0.416 e. The highest BCUT2D eigenvalue weighted by atomic mass is 32.2. The van der Waals surface area contributed by atoms with Crippen molar-refractivity contribution >= 4 is 17.4 Å². The van der Waals surface area contributed by atoms with Crippen LogP contribution in [-0.2, 0) is 6.18 Å². The molecule has 0 saturated carbocycles. The topological polar surface area (TPSA) is 12.0 Å². The first-order valence-electron chi connectivity index (χ1n) is 5.63. The summed E-state index contributed by atoms with van der Waals surface area (Å²) < 4.78 is 51.1. The van der Waals surface area contributed by atoms with Gasteiger partial charge in [-0.3, -0.25) is 0 Å². The van der Waals surface area contributed by atoms with Gasteiger partial charge < -0.3 is 5.32 Å². The largest absolute Gasteiger partial charge is 0.416 e. The molecule has 1 aliphatic rings. The molecule has 1 aromatic rings. The van der Waals surface area contributed by atoms with Gasteiger partial charge in [0.1, 0.15) is 5.82 Å². The predicted molar refractivity (Wildman–Crippen MR) is 65.3 cm³/mol. The van der Waals surface area contributed by atoms with E-state index in [2.05, 4.69) is 5.32 Å². The maximum absolute atomic E-state index is 13.5. The van der Waals surface area contributed by atoms with Crippen LogP contribution >= 0.6 is 11.8 Å². The highest BCUT2D eigenvalue weighted by Crippen LogP contribution is 2.34. The van der Waals surface area contributed by atoms with Gasteiger partial charge in [-0.1, -0.05) is 6.92 Å². The Morgan fingerprint density at radius 3 is 2.61 bits per heavy atom. The number of benzene rings is 1. The van der Waals surface area contributed by atoms with Crippen LogP contribution in [0.25, 0.3) is 0 Å². The molecule has 2 rings (SSSR count). The minimum absolute atomic E-state index is 0.0213. The number of halogens is 4. The number of thioether (sulfide) groups is 1. The smallest absolute Gasteiger partial charge is 0.379 e. The molecule has 0 spiro atoms. The highest BCUT2D eigenvalue weighted by Gasteiger charge is 2.32. The summed E-state index contributed by atoms with van der Waals surface area (Å²) in [6, 6.07) is 2.48. The van der Waals surface area contributed by atoms with Gasteiger partial charge in [0, 0.05) is 11.3 Å². The van der Waals surface area contributed by atoms with Gasteiger partial charge in [-0.05, 0) is 30.4 Å². The van der Waals surface area contributed by atoms with E-state index < -0.39 is 17.6 Å². The first-order valence-corrected chi connectivity index (χ1v) is 6.67. The molecule has 1 aromatic carbocycles. The summed E-state index contributed by atoms with van der Waals surface area (Å²) in [5.41, 5.74) is -0.895. The Kier molecular flexibility index (Phi) is 3.75. The lowest BCUT2D eigenvalue weighted by molar-refractivity contribution is -0.137. The molecule has 1 nitrogen and oxygen atoms in total. The Labute approximate surface area is 107 Å². The number of hydrogen-bond acceptors (Lipinski definition) is 2. The Bertz CT molecular complexity index is 433. The van der Waals surface area contributed by atoms with Crippen molar-refractivity contribution in [3.8, 4) is 0 Å². The third-order valence-electron chi connectivity index (χ3n) is 3.01. The number of anilines is 1. The van der Waals surface area contributed by atoms with Crippen molar-refractivity contribution in [1.29, 1.82) is 0 Å². The molecule has 100 valence electrons. The molecule has 0 radical (unpaired) electrons. The third-order valence-corrected chi connectivity index (χ3v) is 4.34. The van der Waals surface area contributed by atoms with Gasteiger partial charge in [-0.15, -0.1) is 0 Å². The Balaban J connectivity index is 2.21. The summed E-state index contributed by atoms with van der Waals surface area (Å²) in [6.45, 7) is 1.99. The first-order chi connectivity index (χ1) is 8.38. The van der Waals surface area contributed by atoms with Crippen LogP contribution in [0.1, 0.15) is 18.9 Å². The zero-order valence-electron chi connectivity index (χ0n) is 9.72. The van der Waals surface area contributed by atoms with Crippen LogP contribution in [0.3, 0.4) is 0 Å². The summed E-state index contributed by atoms with van der Waals surface area (Å²) >= 11 is 1.73. The van der Waals surface area contributed by atoms with Crippen LogP contribution in [0, 0.1) is 5.82 Å². The fourth-order valence-corrected chi connectivity index (χ4v) is 3.13. The van der Waals surface area contributed by atoms with Crippen LogP contribution in [0.5, 0.6) is 0 Å². The second-order valence-electron chi connectivity index (χ2n) is 4.31. The summed E-state index contributed by atoms with van der Waals surface area (Å²) in [5, 5.41) is 3.15. The third kappa shape index (κ3) is 2.91. The van der Waals surface area contributed by atoms with E-state index in [0.717, 1.165) is 30.4 Å². The zero-order chi connectivity index (χ0) is 13.3. The summed E-state index contributed by atoms with van der Waals surface area (Å²) in [6.07, 6.45) is -3.61. The average Bonchev–Trinajstić information content (AvgIpc) is 2.66. The lowest BCUT2D eigenvalue weighted by Crippen LogP contribution is -2.25. The van der Waals surface area contributed by atoms with Gasteiger partial charge in [0.25, 0.3) is 0 Å². The van der Waals surface area contributed by atoms with Gasteiger partial charge >= 0.3 is 6.18 Å². The molecule has 0 aliphatic carbocycles. The van der Waals surface area contributed by atoms with E-state index in [1.807, 2.05) is 6.92 Å². The van der Waals surface area contributed by atoms with Crippen molar-refractivity contribution < 1.29 is 17.6 Å². The monoisotopic (exact) mass is 279 g/mol. The van der Waals surface area contributed by atoms with Crippen LogP contribution in [0.4, 0.5) is 23.2 Å². The van der Waals surface area contributed by atoms with Gasteiger partial charge in [-0.2, -0.15) is 24.9 Å². The molecule has 1 heterocycles. The molecule has 1 N–H and O–H groups in total. The van der Waals surface area contributed by atoms with E-state index in [9.17, 15) is 17.6 Å². The van der Waals surface area contributed by atoms with Gasteiger partial charge in [-0.25, -0.2) is 4.39 Å². The molecule has 0 aromatic heterocycles. The van der Waals surface area contributed by atoms with Crippen molar-refractivity contribution in [3.63, 3.8) is 0 Å². The quantitative estimate of drug-likeness (QED) is 0.816. The van der Waals surface area contributed by atoms with E-state index in [1.165, 1.54) is 0 Å². The van der Waals surface area contributed by atoms with E-state index in [-0.39, 0.29) is 17.0 Å². The maximum atomic E-state index is 13.5. The molecular formula is C12H13F4NS. The second-order valence-corrected chi connectivity index (χ2v) is 5.79. The molecular weight excluding hydrogens is 266 g/mol. The van der Waals surface area contributed by atoms with Crippen molar-refractivity contribution in [2.75, 3.05) is 11.1 Å². The summed E-state index contributed by atoms with van der Waals surface area (Å²) in [7, 11) is 0. The SMILES string of the molecule is CC1SCCC1Nc1cc(C(F)(F)F)ccc1F. The van der Waals surface area contributed by atoms with E-state index in [4.69, 9.17) is 0 Å². The Morgan fingerprint density at radius 2 is 2.06 bits per heavy atom. The van der Waals surface area contributed by atoms with Crippen molar-refractivity contribution in [2.24, 2.45) is 0 Å². The number of alkyl halides is 3.